The van der Waals surface area contributed by atoms with Crippen LogP contribution in [0.1, 0.15) is 48.1 Å². The molecule has 2 atom stereocenters. The van der Waals surface area contributed by atoms with Crippen LogP contribution in [0.25, 0.3) is 22.4 Å². The Morgan fingerprint density at radius 1 is 1.29 bits per heavy atom. The van der Waals surface area contributed by atoms with Crippen molar-refractivity contribution in [1.29, 1.82) is 0 Å². The number of methoxy groups -OCH3 is 1. The molecule has 1 saturated heterocycles. The van der Waals surface area contributed by atoms with Gasteiger partial charge in [0.2, 0.25) is 0 Å². The Hall–Kier alpha value is -3.43. The summed E-state index contributed by atoms with van der Waals surface area (Å²) in [5.74, 6) is -0.544. The minimum atomic E-state index is -1.24. The monoisotopic (exact) mass is 465 g/mol. The minimum Gasteiger partial charge on any atom is -0.493 e. The number of pyridine rings is 1. The van der Waals surface area contributed by atoms with Crippen molar-refractivity contribution in [3.63, 3.8) is 0 Å². The summed E-state index contributed by atoms with van der Waals surface area (Å²) in [6.45, 7) is 5.55. The second-order valence-electron chi connectivity index (χ2n) is 9.23. The molecule has 2 aliphatic heterocycles. The average Bonchev–Trinajstić information content (AvgIpc) is 3.44. The number of aromatic nitrogens is 3. The molecule has 34 heavy (non-hydrogen) atoms. The van der Waals surface area contributed by atoms with E-state index >= 15 is 0 Å². The molecule has 1 aromatic carbocycles. The van der Waals surface area contributed by atoms with Gasteiger partial charge in [0.1, 0.15) is 11.3 Å². The summed E-state index contributed by atoms with van der Waals surface area (Å²) in [5.41, 5.74) is 2.91. The van der Waals surface area contributed by atoms with E-state index < -0.39 is 17.0 Å². The number of nitrogens with one attached hydrogen (secondary N) is 1. The highest BCUT2D eigenvalue weighted by atomic mass is 16.5. The summed E-state index contributed by atoms with van der Waals surface area (Å²) >= 11 is 0. The van der Waals surface area contributed by atoms with Gasteiger partial charge < -0.3 is 23.9 Å². The SMILES string of the molecule is COCCCOc1cc2c(cc1-c1cn[nH]c1)-c1cc(=O)c(C(=O)O)cn1[C@@H]1[C@@H]2COC1(C)C. The van der Waals surface area contributed by atoms with Crippen LogP contribution in [0.5, 0.6) is 5.75 Å². The Kier molecular flexibility index (Phi) is 5.53. The molecule has 0 saturated carbocycles. The van der Waals surface area contributed by atoms with Gasteiger partial charge in [0, 0.05) is 61.2 Å². The highest BCUT2D eigenvalue weighted by Crippen LogP contribution is 2.54. The predicted octanol–water partition coefficient (Wildman–Crippen LogP) is 3.47. The zero-order valence-corrected chi connectivity index (χ0v) is 19.3. The van der Waals surface area contributed by atoms with Crippen LogP contribution in [-0.2, 0) is 9.47 Å². The Bertz CT molecular complexity index is 1290. The zero-order valence-electron chi connectivity index (χ0n) is 19.3. The maximum atomic E-state index is 12.7. The second-order valence-corrected chi connectivity index (χ2v) is 9.23. The quantitative estimate of drug-likeness (QED) is 0.513. The molecule has 0 radical (unpaired) electrons. The first kappa shape index (κ1) is 22.4. The Balaban J connectivity index is 1.72. The van der Waals surface area contributed by atoms with Crippen LogP contribution in [0.2, 0.25) is 0 Å². The van der Waals surface area contributed by atoms with Gasteiger partial charge in [-0.15, -0.1) is 0 Å². The first-order chi connectivity index (χ1) is 16.3. The van der Waals surface area contributed by atoms with Crippen LogP contribution in [0.4, 0.5) is 0 Å². The van der Waals surface area contributed by atoms with Gasteiger partial charge in [-0.2, -0.15) is 5.10 Å². The van der Waals surface area contributed by atoms with Gasteiger partial charge in [0.15, 0.2) is 5.43 Å². The number of fused-ring (bicyclic) bond motifs is 6. The van der Waals surface area contributed by atoms with E-state index in [1.165, 1.54) is 12.3 Å². The summed E-state index contributed by atoms with van der Waals surface area (Å²) in [6, 6.07) is 5.28. The lowest BCUT2D eigenvalue weighted by Crippen LogP contribution is -2.36. The number of rotatable bonds is 7. The second kappa shape index (κ2) is 8.41. The molecule has 178 valence electrons. The molecular formula is C25H27N3O6. The predicted molar refractivity (Wildman–Crippen MR) is 124 cm³/mol. The molecule has 9 nitrogen and oxygen atoms in total. The molecule has 2 N–H and O–H groups in total. The molecule has 0 unspecified atom stereocenters. The van der Waals surface area contributed by atoms with Gasteiger partial charge in [-0.05, 0) is 31.5 Å². The molecule has 4 heterocycles. The number of carboxylic acid groups (broad SMARTS) is 1. The van der Waals surface area contributed by atoms with Crippen LogP contribution >= 0.6 is 0 Å². The number of ether oxygens (including phenoxy) is 3. The van der Waals surface area contributed by atoms with Crippen LogP contribution in [0.15, 0.2) is 41.6 Å². The molecule has 2 aromatic heterocycles. The van der Waals surface area contributed by atoms with E-state index in [0.29, 0.717) is 25.5 Å². The molecule has 1 fully saturated rings. The van der Waals surface area contributed by atoms with Crippen molar-refractivity contribution in [2.45, 2.75) is 37.8 Å². The number of nitrogens with zero attached hydrogens (tertiary/aromatic N) is 2. The number of carboxylic acids is 1. The van der Waals surface area contributed by atoms with Crippen LogP contribution in [-0.4, -0.2) is 58.4 Å². The normalized spacial score (nSPS) is 19.9. The number of carbonyl (C=O) groups is 1. The van der Waals surface area contributed by atoms with Crippen molar-refractivity contribution in [1.82, 2.24) is 14.8 Å². The number of aromatic amines is 1. The minimum absolute atomic E-state index is 0.0265. The summed E-state index contributed by atoms with van der Waals surface area (Å²) in [6.07, 6.45) is 5.72. The van der Waals surface area contributed by atoms with Crippen LogP contribution in [0, 0.1) is 0 Å². The average molecular weight is 466 g/mol. The van der Waals surface area contributed by atoms with Crippen molar-refractivity contribution in [3.05, 3.63) is 58.1 Å². The number of hydrogen-bond acceptors (Lipinski definition) is 6. The molecule has 2 aliphatic rings. The summed E-state index contributed by atoms with van der Waals surface area (Å²) in [5, 5.41) is 16.5. The maximum Gasteiger partial charge on any atom is 0.341 e. The summed E-state index contributed by atoms with van der Waals surface area (Å²) < 4.78 is 19.4. The van der Waals surface area contributed by atoms with Crippen molar-refractivity contribution in [3.8, 4) is 28.1 Å². The first-order valence-electron chi connectivity index (χ1n) is 11.2. The largest absolute Gasteiger partial charge is 0.493 e. The van der Waals surface area contributed by atoms with E-state index in [1.807, 2.05) is 30.5 Å². The molecule has 0 bridgehead atoms. The molecular weight excluding hydrogens is 438 g/mol. The van der Waals surface area contributed by atoms with Gasteiger partial charge in [0.05, 0.1) is 36.7 Å². The van der Waals surface area contributed by atoms with Gasteiger partial charge in [-0.25, -0.2) is 4.79 Å². The smallest absolute Gasteiger partial charge is 0.341 e. The third-order valence-corrected chi connectivity index (χ3v) is 6.72. The van der Waals surface area contributed by atoms with E-state index in [1.54, 1.807) is 19.5 Å². The van der Waals surface area contributed by atoms with E-state index in [4.69, 9.17) is 14.2 Å². The number of H-pyrrole nitrogens is 1. The van der Waals surface area contributed by atoms with Crippen molar-refractivity contribution < 1.29 is 24.1 Å². The maximum absolute atomic E-state index is 12.7. The third-order valence-electron chi connectivity index (χ3n) is 6.72. The lowest BCUT2D eigenvalue weighted by atomic mass is 9.78. The van der Waals surface area contributed by atoms with Crippen molar-refractivity contribution in [2.24, 2.45) is 0 Å². The number of hydrogen-bond donors (Lipinski definition) is 2. The number of benzene rings is 1. The molecule has 0 aliphatic carbocycles. The topological polar surface area (TPSA) is 116 Å². The fraction of sp³-hybridized carbons (Fsp3) is 0.400. The van der Waals surface area contributed by atoms with Gasteiger partial charge in [-0.3, -0.25) is 9.89 Å². The lowest BCUT2D eigenvalue weighted by Gasteiger charge is -2.38. The Morgan fingerprint density at radius 3 is 2.82 bits per heavy atom. The highest BCUT2D eigenvalue weighted by molar-refractivity contribution is 5.88. The van der Waals surface area contributed by atoms with E-state index in [0.717, 1.165) is 34.4 Å². The molecule has 9 heteroatoms. The summed E-state index contributed by atoms with van der Waals surface area (Å²) in [7, 11) is 1.66. The Morgan fingerprint density at radius 2 is 2.12 bits per heavy atom. The third kappa shape index (κ3) is 3.61. The molecule has 3 aromatic rings. The van der Waals surface area contributed by atoms with E-state index in [-0.39, 0.29) is 17.5 Å². The van der Waals surface area contributed by atoms with Crippen LogP contribution in [0.3, 0.4) is 0 Å². The first-order valence-corrected chi connectivity index (χ1v) is 11.2. The Labute approximate surface area is 196 Å². The van der Waals surface area contributed by atoms with Gasteiger partial charge >= 0.3 is 5.97 Å². The van der Waals surface area contributed by atoms with Gasteiger partial charge in [0.25, 0.3) is 0 Å². The van der Waals surface area contributed by atoms with Crippen molar-refractivity contribution in [2.75, 3.05) is 26.9 Å². The van der Waals surface area contributed by atoms with Crippen LogP contribution < -0.4 is 10.2 Å². The molecule has 0 amide bonds. The lowest BCUT2D eigenvalue weighted by molar-refractivity contribution is 0.0145. The van der Waals surface area contributed by atoms with Crippen molar-refractivity contribution >= 4 is 5.97 Å². The molecule has 5 rings (SSSR count). The fourth-order valence-corrected chi connectivity index (χ4v) is 5.16. The standard InChI is InChI=1S/C25H27N3O6/c1-25(2)23-19(13-34-25)16-8-22(33-6-4-5-32-3)15(14-10-26-27-11-14)7-17(16)20-9-21(29)18(24(30)31)12-28(20)23/h7-12,19,23H,4-6,13H2,1-3H3,(H,26,27)(H,30,31)/t19-,23-/m1/s1. The fourth-order valence-electron chi connectivity index (χ4n) is 5.16. The van der Waals surface area contributed by atoms with Gasteiger partial charge in [-0.1, -0.05) is 0 Å². The number of aromatic carboxylic acids is 1. The van der Waals surface area contributed by atoms with E-state index in [9.17, 15) is 14.7 Å². The summed E-state index contributed by atoms with van der Waals surface area (Å²) in [4.78, 5) is 24.4. The zero-order chi connectivity index (χ0) is 24.0. The molecule has 0 spiro atoms. The highest BCUT2D eigenvalue weighted by Gasteiger charge is 2.49. The van der Waals surface area contributed by atoms with E-state index in [2.05, 4.69) is 10.2 Å².